The largest absolute Gasteiger partial charge is 0.317 e. The second kappa shape index (κ2) is 9.70. The van der Waals surface area contributed by atoms with E-state index in [0.29, 0.717) is 5.92 Å². The minimum Gasteiger partial charge on any atom is -0.317 e. The molecule has 1 unspecified atom stereocenters. The number of hydrogen-bond acceptors (Lipinski definition) is 5. The van der Waals surface area contributed by atoms with Crippen LogP contribution in [0.2, 0.25) is 0 Å². The highest BCUT2D eigenvalue weighted by atomic mass is 35.5. The SMILES string of the molecule is CC(C(=O)Nc1ncc(C2CCNCC2)s1)N1CCCCCC1.Cl. The number of nitrogens with zero attached hydrogens (tertiary/aromatic N) is 2. The van der Waals surface area contributed by atoms with Gasteiger partial charge in [0.05, 0.1) is 6.04 Å². The summed E-state index contributed by atoms with van der Waals surface area (Å²) in [5.74, 6) is 0.681. The molecule has 2 saturated heterocycles. The molecule has 3 rings (SSSR count). The third-order valence-corrected chi connectivity index (χ3v) is 6.14. The zero-order chi connectivity index (χ0) is 16.1. The van der Waals surface area contributed by atoms with Gasteiger partial charge in [0.25, 0.3) is 0 Å². The Morgan fingerprint density at radius 1 is 1.29 bits per heavy atom. The van der Waals surface area contributed by atoms with Gasteiger partial charge >= 0.3 is 0 Å². The van der Waals surface area contributed by atoms with Gasteiger partial charge in [-0.05, 0) is 64.7 Å². The molecule has 1 atom stereocenters. The fourth-order valence-corrected chi connectivity index (χ4v) is 4.49. The maximum atomic E-state index is 12.5. The molecule has 2 aliphatic rings. The second-order valence-corrected chi connectivity index (χ2v) is 7.77. The molecular formula is C17H29ClN4OS. The van der Waals surface area contributed by atoms with Gasteiger partial charge in [0.1, 0.15) is 0 Å². The smallest absolute Gasteiger partial charge is 0.243 e. The summed E-state index contributed by atoms with van der Waals surface area (Å²) < 4.78 is 0. The van der Waals surface area contributed by atoms with E-state index in [4.69, 9.17) is 0 Å². The Kier molecular flexibility index (Phi) is 7.94. The first-order valence-corrected chi connectivity index (χ1v) is 9.77. The van der Waals surface area contributed by atoms with Crippen LogP contribution in [0.4, 0.5) is 5.13 Å². The predicted molar refractivity (Wildman–Crippen MR) is 102 cm³/mol. The quantitative estimate of drug-likeness (QED) is 0.851. The van der Waals surface area contributed by atoms with Crippen molar-refractivity contribution in [1.82, 2.24) is 15.2 Å². The number of piperidine rings is 1. The zero-order valence-electron chi connectivity index (χ0n) is 14.4. The molecule has 2 fully saturated rings. The third-order valence-electron chi connectivity index (χ3n) is 5.06. The van der Waals surface area contributed by atoms with Gasteiger partial charge in [-0.1, -0.05) is 12.8 Å². The zero-order valence-corrected chi connectivity index (χ0v) is 16.1. The van der Waals surface area contributed by atoms with Gasteiger partial charge in [-0.15, -0.1) is 23.7 Å². The molecule has 2 aliphatic heterocycles. The molecule has 0 spiro atoms. The number of hydrogen-bond donors (Lipinski definition) is 2. The van der Waals surface area contributed by atoms with Crippen molar-refractivity contribution >= 4 is 34.8 Å². The van der Waals surface area contributed by atoms with E-state index in [-0.39, 0.29) is 24.4 Å². The van der Waals surface area contributed by atoms with Crippen LogP contribution in [0, 0.1) is 0 Å². The molecule has 0 bridgehead atoms. The summed E-state index contributed by atoms with van der Waals surface area (Å²) in [7, 11) is 0. The molecule has 5 nitrogen and oxygen atoms in total. The maximum Gasteiger partial charge on any atom is 0.243 e. The van der Waals surface area contributed by atoms with Crippen molar-refractivity contribution in [1.29, 1.82) is 0 Å². The van der Waals surface area contributed by atoms with Crippen molar-refractivity contribution in [3.8, 4) is 0 Å². The minimum atomic E-state index is -0.0701. The summed E-state index contributed by atoms with van der Waals surface area (Å²) in [4.78, 5) is 20.6. The van der Waals surface area contributed by atoms with E-state index in [0.717, 1.165) is 31.3 Å². The molecule has 1 aromatic rings. The Bertz CT molecular complexity index is 510. The summed E-state index contributed by atoms with van der Waals surface area (Å²) >= 11 is 1.65. The Hall–Kier alpha value is -0.690. The number of rotatable bonds is 4. The first-order chi connectivity index (χ1) is 11.2. The number of anilines is 1. The molecule has 7 heteroatoms. The molecule has 0 radical (unpaired) electrons. The second-order valence-electron chi connectivity index (χ2n) is 6.71. The number of amides is 1. The fourth-order valence-electron chi connectivity index (χ4n) is 3.50. The van der Waals surface area contributed by atoms with Gasteiger partial charge in [0, 0.05) is 11.1 Å². The molecule has 0 saturated carbocycles. The fraction of sp³-hybridized carbons (Fsp3) is 0.765. The number of nitrogens with one attached hydrogen (secondary N) is 2. The number of carbonyl (C=O) groups is 1. The lowest BCUT2D eigenvalue weighted by molar-refractivity contribution is -0.120. The highest BCUT2D eigenvalue weighted by Gasteiger charge is 2.23. The van der Waals surface area contributed by atoms with E-state index in [9.17, 15) is 4.79 Å². The average Bonchev–Trinajstić information content (AvgIpc) is 2.88. The summed E-state index contributed by atoms with van der Waals surface area (Å²) in [6.07, 6.45) is 9.27. The van der Waals surface area contributed by atoms with E-state index in [1.807, 2.05) is 13.1 Å². The van der Waals surface area contributed by atoms with E-state index >= 15 is 0 Å². The summed E-state index contributed by atoms with van der Waals surface area (Å²) in [6, 6.07) is -0.0701. The van der Waals surface area contributed by atoms with Gasteiger partial charge in [-0.3, -0.25) is 9.69 Å². The van der Waals surface area contributed by atoms with E-state index in [2.05, 4.69) is 20.5 Å². The molecule has 24 heavy (non-hydrogen) atoms. The number of aromatic nitrogens is 1. The molecule has 2 N–H and O–H groups in total. The highest BCUT2D eigenvalue weighted by molar-refractivity contribution is 7.15. The van der Waals surface area contributed by atoms with Crippen LogP contribution >= 0.6 is 23.7 Å². The monoisotopic (exact) mass is 372 g/mol. The predicted octanol–water partition coefficient (Wildman–Crippen LogP) is 3.23. The Morgan fingerprint density at radius 3 is 2.62 bits per heavy atom. The molecular weight excluding hydrogens is 344 g/mol. The van der Waals surface area contributed by atoms with Crippen LogP contribution in [-0.2, 0) is 4.79 Å². The molecule has 1 amide bonds. The Balaban J connectivity index is 0.00000208. The minimum absolute atomic E-state index is 0. The first kappa shape index (κ1) is 19.6. The Labute approximate surface area is 155 Å². The van der Waals surface area contributed by atoms with Crippen molar-refractivity contribution < 1.29 is 4.79 Å². The van der Waals surface area contributed by atoms with Crippen molar-refractivity contribution in [2.24, 2.45) is 0 Å². The van der Waals surface area contributed by atoms with Gasteiger partial charge in [0.2, 0.25) is 5.91 Å². The van der Waals surface area contributed by atoms with Crippen LogP contribution in [0.5, 0.6) is 0 Å². The van der Waals surface area contributed by atoms with Crippen LogP contribution in [0.25, 0.3) is 0 Å². The third kappa shape index (κ3) is 5.15. The molecule has 0 aliphatic carbocycles. The van der Waals surface area contributed by atoms with Gasteiger partial charge in [-0.2, -0.15) is 0 Å². The van der Waals surface area contributed by atoms with Crippen molar-refractivity contribution in [3.63, 3.8) is 0 Å². The maximum absolute atomic E-state index is 12.5. The number of halogens is 1. The molecule has 0 aromatic carbocycles. The first-order valence-electron chi connectivity index (χ1n) is 8.95. The van der Waals surface area contributed by atoms with E-state index in [1.54, 1.807) is 11.3 Å². The molecule has 136 valence electrons. The van der Waals surface area contributed by atoms with Crippen LogP contribution in [0.1, 0.15) is 56.2 Å². The number of likely N-dealkylation sites (tertiary alicyclic amines) is 1. The van der Waals surface area contributed by atoms with Crippen LogP contribution < -0.4 is 10.6 Å². The lowest BCUT2D eigenvalue weighted by atomic mass is 9.97. The number of thiazole rings is 1. The molecule has 3 heterocycles. The summed E-state index contributed by atoms with van der Waals surface area (Å²) in [5, 5.41) is 7.17. The van der Waals surface area contributed by atoms with Crippen molar-refractivity contribution in [3.05, 3.63) is 11.1 Å². The van der Waals surface area contributed by atoms with Gasteiger partial charge < -0.3 is 10.6 Å². The summed E-state index contributed by atoms with van der Waals surface area (Å²) in [5.41, 5.74) is 0. The van der Waals surface area contributed by atoms with Gasteiger partial charge in [-0.25, -0.2) is 4.98 Å². The normalized spacial score (nSPS) is 21.5. The van der Waals surface area contributed by atoms with Crippen molar-refractivity contribution in [2.75, 3.05) is 31.5 Å². The highest BCUT2D eigenvalue weighted by Crippen LogP contribution is 2.31. The van der Waals surface area contributed by atoms with Crippen LogP contribution in [0.15, 0.2) is 6.20 Å². The average molecular weight is 373 g/mol. The Morgan fingerprint density at radius 2 is 1.96 bits per heavy atom. The lowest BCUT2D eigenvalue weighted by Crippen LogP contribution is -2.42. The molecule has 1 aromatic heterocycles. The van der Waals surface area contributed by atoms with Gasteiger partial charge in [0.15, 0.2) is 5.13 Å². The standard InChI is InChI=1S/C17H28N4OS.ClH/c1-13(21-10-4-2-3-5-11-21)16(22)20-17-19-12-15(23-17)14-6-8-18-9-7-14;/h12-14,18H,2-11H2,1H3,(H,19,20,22);1H. The van der Waals surface area contributed by atoms with Crippen LogP contribution in [-0.4, -0.2) is 48.0 Å². The van der Waals surface area contributed by atoms with Crippen LogP contribution in [0.3, 0.4) is 0 Å². The van der Waals surface area contributed by atoms with E-state index < -0.39 is 0 Å². The summed E-state index contributed by atoms with van der Waals surface area (Å²) in [6.45, 7) is 6.24. The van der Waals surface area contributed by atoms with E-state index in [1.165, 1.54) is 43.4 Å². The number of carbonyl (C=O) groups excluding carboxylic acids is 1. The van der Waals surface area contributed by atoms with Crippen molar-refractivity contribution in [2.45, 2.75) is 57.4 Å². The lowest BCUT2D eigenvalue weighted by Gasteiger charge is -2.26. The topological polar surface area (TPSA) is 57.3 Å².